The number of rotatable bonds is 3. The molecular formula is C8H10N4S. The van der Waals surface area contributed by atoms with Crippen LogP contribution in [-0.2, 0) is 0 Å². The van der Waals surface area contributed by atoms with Gasteiger partial charge in [-0.2, -0.15) is 5.10 Å². The molecule has 2 heterocycles. The Morgan fingerprint density at radius 1 is 1.62 bits per heavy atom. The molecule has 0 aliphatic carbocycles. The summed E-state index contributed by atoms with van der Waals surface area (Å²) in [5.41, 5.74) is 1.13. The van der Waals surface area contributed by atoms with Crippen LogP contribution >= 0.6 is 11.5 Å². The van der Waals surface area contributed by atoms with Gasteiger partial charge in [-0.1, -0.05) is 0 Å². The van der Waals surface area contributed by atoms with Crippen molar-refractivity contribution in [3.05, 3.63) is 35.1 Å². The van der Waals surface area contributed by atoms with Crippen LogP contribution in [0.2, 0.25) is 0 Å². The monoisotopic (exact) mass is 194 g/mol. The van der Waals surface area contributed by atoms with E-state index in [4.69, 9.17) is 0 Å². The molecule has 5 heteroatoms. The first kappa shape index (κ1) is 8.40. The maximum Gasteiger partial charge on any atom is 0.0715 e. The van der Waals surface area contributed by atoms with Gasteiger partial charge in [-0.15, -0.1) is 0 Å². The van der Waals surface area contributed by atoms with Crippen molar-refractivity contribution in [1.82, 2.24) is 19.9 Å². The molecule has 0 radical (unpaired) electrons. The minimum absolute atomic E-state index is 0.200. The van der Waals surface area contributed by atoms with Crippen LogP contribution in [0.25, 0.3) is 0 Å². The Kier molecular flexibility index (Phi) is 2.37. The van der Waals surface area contributed by atoms with Crippen molar-refractivity contribution in [3.8, 4) is 0 Å². The van der Waals surface area contributed by atoms with Gasteiger partial charge in [0.05, 0.1) is 12.2 Å². The maximum absolute atomic E-state index is 4.07. The Hall–Kier alpha value is -1.20. The van der Waals surface area contributed by atoms with E-state index >= 15 is 0 Å². The third-order valence-corrected chi connectivity index (χ3v) is 2.69. The highest BCUT2D eigenvalue weighted by Gasteiger charge is 2.13. The smallest absolute Gasteiger partial charge is 0.0715 e. The molecule has 0 fully saturated rings. The van der Waals surface area contributed by atoms with Crippen molar-refractivity contribution in [2.45, 2.75) is 6.04 Å². The highest BCUT2D eigenvalue weighted by atomic mass is 32.1. The summed E-state index contributed by atoms with van der Waals surface area (Å²) in [7, 11) is 1.93. The summed E-state index contributed by atoms with van der Waals surface area (Å²) in [4.78, 5) is 1.20. The number of aromatic amines is 1. The van der Waals surface area contributed by atoms with E-state index in [0.29, 0.717) is 0 Å². The SMILES string of the molecule is CNC(c1cn[nH]c1)c1ccns1. The van der Waals surface area contributed by atoms with E-state index in [9.17, 15) is 0 Å². The predicted octanol–water partition coefficient (Wildman–Crippen LogP) is 1.17. The summed E-state index contributed by atoms with van der Waals surface area (Å²) in [6.45, 7) is 0. The molecule has 1 unspecified atom stereocenters. The van der Waals surface area contributed by atoms with Crippen LogP contribution in [-0.4, -0.2) is 21.6 Å². The molecule has 0 spiro atoms. The van der Waals surface area contributed by atoms with Crippen LogP contribution in [0.3, 0.4) is 0 Å². The van der Waals surface area contributed by atoms with Crippen molar-refractivity contribution < 1.29 is 0 Å². The topological polar surface area (TPSA) is 53.6 Å². The molecule has 0 aromatic carbocycles. The number of nitrogens with one attached hydrogen (secondary N) is 2. The average Bonchev–Trinajstić information content (AvgIpc) is 2.76. The summed E-state index contributed by atoms with van der Waals surface area (Å²) in [6.07, 6.45) is 5.52. The maximum atomic E-state index is 4.07. The van der Waals surface area contributed by atoms with Gasteiger partial charge in [0.1, 0.15) is 0 Å². The Morgan fingerprint density at radius 3 is 3.08 bits per heavy atom. The number of hydrogen-bond donors (Lipinski definition) is 2. The van der Waals surface area contributed by atoms with E-state index < -0.39 is 0 Å². The van der Waals surface area contributed by atoms with Crippen molar-refractivity contribution >= 4 is 11.5 Å². The molecule has 4 nitrogen and oxygen atoms in total. The van der Waals surface area contributed by atoms with Gasteiger partial charge in [0.25, 0.3) is 0 Å². The lowest BCUT2D eigenvalue weighted by molar-refractivity contribution is 0.704. The fourth-order valence-corrected chi connectivity index (χ4v) is 1.99. The Balaban J connectivity index is 2.29. The number of hydrogen-bond acceptors (Lipinski definition) is 4. The second-order valence-electron chi connectivity index (χ2n) is 2.67. The van der Waals surface area contributed by atoms with Crippen molar-refractivity contribution in [2.24, 2.45) is 0 Å². The summed E-state index contributed by atoms with van der Waals surface area (Å²) in [5.74, 6) is 0. The van der Waals surface area contributed by atoms with E-state index in [-0.39, 0.29) is 6.04 Å². The molecule has 0 saturated carbocycles. The van der Waals surface area contributed by atoms with E-state index in [1.54, 1.807) is 0 Å². The van der Waals surface area contributed by atoms with Crippen LogP contribution in [0.15, 0.2) is 24.7 Å². The van der Waals surface area contributed by atoms with Crippen LogP contribution in [0.4, 0.5) is 0 Å². The van der Waals surface area contributed by atoms with Gasteiger partial charge in [-0.05, 0) is 24.6 Å². The summed E-state index contributed by atoms with van der Waals surface area (Å²) in [6, 6.07) is 2.21. The molecule has 2 rings (SSSR count). The zero-order chi connectivity index (χ0) is 9.10. The van der Waals surface area contributed by atoms with Gasteiger partial charge in [0, 0.05) is 22.8 Å². The zero-order valence-electron chi connectivity index (χ0n) is 7.19. The first-order valence-electron chi connectivity index (χ1n) is 3.98. The molecule has 1 atom stereocenters. The first-order chi connectivity index (χ1) is 6.42. The fourth-order valence-electron chi connectivity index (χ4n) is 1.27. The quantitative estimate of drug-likeness (QED) is 0.771. The molecule has 0 saturated heterocycles. The lowest BCUT2D eigenvalue weighted by Gasteiger charge is -2.10. The molecule has 2 aromatic heterocycles. The molecular weight excluding hydrogens is 184 g/mol. The van der Waals surface area contributed by atoms with Gasteiger partial charge < -0.3 is 5.32 Å². The van der Waals surface area contributed by atoms with Gasteiger partial charge in [0.15, 0.2) is 0 Å². The Bertz CT molecular complexity index is 306. The van der Waals surface area contributed by atoms with Crippen molar-refractivity contribution in [1.29, 1.82) is 0 Å². The van der Waals surface area contributed by atoms with Crippen molar-refractivity contribution in [3.63, 3.8) is 0 Å². The normalized spacial score (nSPS) is 13.0. The molecule has 0 amide bonds. The van der Waals surface area contributed by atoms with E-state index in [1.165, 1.54) is 16.4 Å². The molecule has 0 aliphatic heterocycles. The highest BCUT2D eigenvalue weighted by molar-refractivity contribution is 7.05. The second kappa shape index (κ2) is 3.68. The molecule has 0 bridgehead atoms. The molecule has 68 valence electrons. The lowest BCUT2D eigenvalue weighted by Crippen LogP contribution is -2.15. The summed E-state index contributed by atoms with van der Waals surface area (Å²) < 4.78 is 4.07. The Labute approximate surface area is 80.2 Å². The minimum atomic E-state index is 0.200. The first-order valence-corrected chi connectivity index (χ1v) is 4.75. The largest absolute Gasteiger partial charge is 0.309 e. The van der Waals surface area contributed by atoms with E-state index in [0.717, 1.165) is 5.56 Å². The van der Waals surface area contributed by atoms with Crippen LogP contribution in [0.1, 0.15) is 16.5 Å². The number of aromatic nitrogens is 3. The number of H-pyrrole nitrogens is 1. The van der Waals surface area contributed by atoms with Crippen LogP contribution in [0, 0.1) is 0 Å². The van der Waals surface area contributed by atoms with Gasteiger partial charge >= 0.3 is 0 Å². The average molecular weight is 194 g/mol. The van der Waals surface area contributed by atoms with E-state index in [2.05, 4.69) is 19.9 Å². The second-order valence-corrected chi connectivity index (χ2v) is 3.53. The minimum Gasteiger partial charge on any atom is -0.309 e. The summed E-state index contributed by atoms with van der Waals surface area (Å²) in [5, 5.41) is 9.94. The number of nitrogens with zero attached hydrogens (tertiary/aromatic N) is 2. The molecule has 2 N–H and O–H groups in total. The van der Waals surface area contributed by atoms with Gasteiger partial charge in [-0.3, -0.25) is 5.10 Å². The van der Waals surface area contributed by atoms with Gasteiger partial charge in [0.2, 0.25) is 0 Å². The van der Waals surface area contributed by atoms with Gasteiger partial charge in [-0.25, -0.2) is 4.37 Å². The third kappa shape index (κ3) is 1.61. The molecule has 2 aromatic rings. The standard InChI is InChI=1S/C8H10N4S/c1-9-8(6-4-10-11-5-6)7-2-3-12-13-7/h2-5,8-9H,1H3,(H,10,11). The van der Waals surface area contributed by atoms with E-state index in [1.807, 2.05) is 31.7 Å². The van der Waals surface area contributed by atoms with Crippen LogP contribution in [0.5, 0.6) is 0 Å². The zero-order valence-corrected chi connectivity index (χ0v) is 8.01. The van der Waals surface area contributed by atoms with Crippen LogP contribution < -0.4 is 5.32 Å². The lowest BCUT2D eigenvalue weighted by atomic mass is 10.1. The molecule has 0 aliphatic rings. The predicted molar refractivity (Wildman–Crippen MR) is 51.6 cm³/mol. The molecule has 13 heavy (non-hydrogen) atoms. The van der Waals surface area contributed by atoms with Crippen molar-refractivity contribution in [2.75, 3.05) is 7.05 Å². The summed E-state index contributed by atoms with van der Waals surface area (Å²) >= 11 is 1.50. The Morgan fingerprint density at radius 2 is 2.54 bits per heavy atom. The third-order valence-electron chi connectivity index (χ3n) is 1.88. The fraction of sp³-hybridized carbons (Fsp3) is 0.250. The highest BCUT2D eigenvalue weighted by Crippen LogP contribution is 2.22.